The molecule has 0 atom stereocenters. The summed E-state index contributed by atoms with van der Waals surface area (Å²) in [6, 6.07) is 9.12. The molecule has 1 aromatic rings. The number of benzene rings is 1. The van der Waals surface area contributed by atoms with Gasteiger partial charge in [0.2, 0.25) is 0 Å². The summed E-state index contributed by atoms with van der Waals surface area (Å²) in [6.45, 7) is 4.79. The molecule has 1 aromatic carbocycles. The molecule has 1 N–H and O–H groups in total. The third-order valence-corrected chi connectivity index (χ3v) is 2.97. The molecule has 98 valence electrons. The number of nitrogens with zero attached hydrogens (tertiary/aromatic N) is 1. The summed E-state index contributed by atoms with van der Waals surface area (Å²) in [4.78, 5) is 23.6. The van der Waals surface area contributed by atoms with Gasteiger partial charge in [-0.25, -0.2) is 5.06 Å². The average Bonchev–Trinajstić information content (AvgIpc) is 2.37. The van der Waals surface area contributed by atoms with Crippen molar-refractivity contribution in [2.75, 3.05) is 0 Å². The molecule has 0 aliphatic rings. The van der Waals surface area contributed by atoms with E-state index in [9.17, 15) is 14.8 Å². The minimum atomic E-state index is -1.18. The zero-order valence-electron chi connectivity index (χ0n) is 11.0. The van der Waals surface area contributed by atoms with Crippen LogP contribution in [0, 0.1) is 0 Å². The summed E-state index contributed by atoms with van der Waals surface area (Å²) in [5.74, 6) is -0.653. The van der Waals surface area contributed by atoms with E-state index in [-0.39, 0.29) is 18.6 Å². The summed E-state index contributed by atoms with van der Waals surface area (Å²) < 4.78 is 0. The molecule has 0 fully saturated rings. The van der Waals surface area contributed by atoms with Crippen LogP contribution in [-0.2, 0) is 16.0 Å². The standard InChI is InChI=1S/C14H19NO3/c1-4-12(16)14(2,3)15(18)13(17)10-11-8-6-5-7-9-11/h5-9,18H,4,10H2,1-3H3. The fourth-order valence-corrected chi connectivity index (χ4v) is 1.71. The van der Waals surface area contributed by atoms with Crippen LogP contribution in [0.25, 0.3) is 0 Å². The molecule has 4 heteroatoms. The highest BCUT2D eigenvalue weighted by Crippen LogP contribution is 2.16. The SMILES string of the molecule is CCC(=O)C(C)(C)N(O)C(=O)Cc1ccccc1. The van der Waals surface area contributed by atoms with E-state index in [2.05, 4.69) is 0 Å². The Morgan fingerprint density at radius 2 is 1.78 bits per heavy atom. The van der Waals surface area contributed by atoms with Crippen LogP contribution in [0.3, 0.4) is 0 Å². The van der Waals surface area contributed by atoms with Gasteiger partial charge in [-0.2, -0.15) is 0 Å². The monoisotopic (exact) mass is 249 g/mol. The summed E-state index contributed by atoms with van der Waals surface area (Å²) in [6.07, 6.45) is 0.362. The van der Waals surface area contributed by atoms with Crippen molar-refractivity contribution < 1.29 is 14.8 Å². The molecule has 0 saturated carbocycles. The van der Waals surface area contributed by atoms with E-state index in [1.165, 1.54) is 0 Å². The van der Waals surface area contributed by atoms with Gasteiger partial charge >= 0.3 is 0 Å². The average molecular weight is 249 g/mol. The van der Waals surface area contributed by atoms with Crippen LogP contribution < -0.4 is 0 Å². The van der Waals surface area contributed by atoms with Gasteiger partial charge in [0.1, 0.15) is 5.54 Å². The molecule has 0 aromatic heterocycles. The predicted octanol–water partition coefficient (Wildman–Crippen LogP) is 2.20. The maximum atomic E-state index is 11.9. The summed E-state index contributed by atoms with van der Waals surface area (Å²) in [7, 11) is 0. The van der Waals surface area contributed by atoms with Gasteiger partial charge in [-0.15, -0.1) is 0 Å². The smallest absolute Gasteiger partial charge is 0.251 e. The second-order valence-electron chi connectivity index (χ2n) is 4.70. The second kappa shape index (κ2) is 5.78. The quantitative estimate of drug-likeness (QED) is 0.643. The van der Waals surface area contributed by atoms with Gasteiger partial charge in [-0.3, -0.25) is 14.8 Å². The van der Waals surface area contributed by atoms with Crippen molar-refractivity contribution in [2.24, 2.45) is 0 Å². The third kappa shape index (κ3) is 3.17. The van der Waals surface area contributed by atoms with Crippen LogP contribution in [-0.4, -0.2) is 27.5 Å². The van der Waals surface area contributed by atoms with Crippen molar-refractivity contribution in [1.82, 2.24) is 5.06 Å². The Balaban J connectivity index is 2.76. The number of carbonyl (C=O) groups is 2. The summed E-state index contributed by atoms with van der Waals surface area (Å²) >= 11 is 0. The molecule has 18 heavy (non-hydrogen) atoms. The molecule has 4 nitrogen and oxygen atoms in total. The molecule has 0 bridgehead atoms. The van der Waals surface area contributed by atoms with Crippen molar-refractivity contribution in [3.63, 3.8) is 0 Å². The largest absolute Gasteiger partial charge is 0.297 e. The lowest BCUT2D eigenvalue weighted by molar-refractivity contribution is -0.191. The lowest BCUT2D eigenvalue weighted by Crippen LogP contribution is -2.51. The Morgan fingerprint density at radius 1 is 1.22 bits per heavy atom. The van der Waals surface area contributed by atoms with Crippen molar-refractivity contribution in [1.29, 1.82) is 0 Å². The Labute approximate surface area is 107 Å². The first-order valence-electron chi connectivity index (χ1n) is 5.98. The maximum absolute atomic E-state index is 11.9. The highest BCUT2D eigenvalue weighted by atomic mass is 16.5. The molecule has 0 radical (unpaired) electrons. The number of rotatable bonds is 5. The Hall–Kier alpha value is -1.68. The van der Waals surface area contributed by atoms with Gasteiger partial charge < -0.3 is 0 Å². The summed E-state index contributed by atoms with van der Waals surface area (Å²) in [5.41, 5.74) is -0.373. The number of Topliss-reactive ketones (excluding diaryl/α,β-unsaturated/α-hetero) is 1. The van der Waals surface area contributed by atoms with Crippen LogP contribution in [0.4, 0.5) is 0 Å². The van der Waals surface area contributed by atoms with Crippen molar-refractivity contribution in [3.8, 4) is 0 Å². The van der Waals surface area contributed by atoms with E-state index >= 15 is 0 Å². The number of ketones is 1. The zero-order chi connectivity index (χ0) is 13.8. The van der Waals surface area contributed by atoms with E-state index < -0.39 is 11.4 Å². The molecular weight excluding hydrogens is 230 g/mol. The minimum Gasteiger partial charge on any atom is -0.297 e. The fraction of sp³-hybridized carbons (Fsp3) is 0.429. The lowest BCUT2D eigenvalue weighted by atomic mass is 9.96. The first kappa shape index (κ1) is 14.4. The van der Waals surface area contributed by atoms with Gasteiger partial charge in [-0.05, 0) is 19.4 Å². The molecular formula is C14H19NO3. The Kier molecular flexibility index (Phi) is 4.62. The van der Waals surface area contributed by atoms with Crippen molar-refractivity contribution in [2.45, 2.75) is 39.2 Å². The first-order chi connectivity index (χ1) is 8.39. The number of hydrogen-bond acceptors (Lipinski definition) is 3. The van der Waals surface area contributed by atoms with Gasteiger partial charge in [0, 0.05) is 6.42 Å². The fourth-order valence-electron chi connectivity index (χ4n) is 1.71. The predicted molar refractivity (Wildman–Crippen MR) is 68.2 cm³/mol. The topological polar surface area (TPSA) is 57.6 Å². The molecule has 0 heterocycles. The van der Waals surface area contributed by atoms with E-state index in [1.54, 1.807) is 32.9 Å². The number of hydroxylamine groups is 2. The molecule has 0 saturated heterocycles. The van der Waals surface area contributed by atoms with Gasteiger partial charge in [0.05, 0.1) is 6.42 Å². The Bertz CT molecular complexity index is 426. The number of carbonyl (C=O) groups excluding carboxylic acids is 2. The van der Waals surface area contributed by atoms with E-state index in [0.29, 0.717) is 5.06 Å². The zero-order valence-corrected chi connectivity index (χ0v) is 11.0. The third-order valence-electron chi connectivity index (χ3n) is 2.97. The van der Waals surface area contributed by atoms with E-state index in [4.69, 9.17) is 0 Å². The molecule has 0 spiro atoms. The summed E-state index contributed by atoms with van der Waals surface area (Å²) in [5, 5.41) is 10.4. The van der Waals surface area contributed by atoms with Gasteiger partial charge in [-0.1, -0.05) is 37.3 Å². The molecule has 0 unspecified atom stereocenters. The van der Waals surface area contributed by atoms with Crippen molar-refractivity contribution >= 4 is 11.7 Å². The molecule has 0 aliphatic heterocycles. The van der Waals surface area contributed by atoms with Crippen LogP contribution in [0.5, 0.6) is 0 Å². The van der Waals surface area contributed by atoms with Crippen molar-refractivity contribution in [3.05, 3.63) is 35.9 Å². The van der Waals surface area contributed by atoms with E-state index in [0.717, 1.165) is 5.56 Å². The second-order valence-corrected chi connectivity index (χ2v) is 4.70. The van der Waals surface area contributed by atoms with Gasteiger partial charge in [0.15, 0.2) is 5.78 Å². The minimum absolute atomic E-state index is 0.0811. The molecule has 0 aliphatic carbocycles. The Morgan fingerprint density at radius 3 is 2.28 bits per heavy atom. The number of hydrogen-bond donors (Lipinski definition) is 1. The molecule has 1 amide bonds. The van der Waals surface area contributed by atoms with Crippen LogP contribution >= 0.6 is 0 Å². The van der Waals surface area contributed by atoms with Crippen LogP contribution in [0.15, 0.2) is 30.3 Å². The highest BCUT2D eigenvalue weighted by Gasteiger charge is 2.35. The normalized spacial score (nSPS) is 11.1. The van der Waals surface area contributed by atoms with Crippen LogP contribution in [0.2, 0.25) is 0 Å². The van der Waals surface area contributed by atoms with E-state index in [1.807, 2.05) is 18.2 Å². The van der Waals surface area contributed by atoms with Gasteiger partial charge in [0.25, 0.3) is 5.91 Å². The van der Waals surface area contributed by atoms with Crippen LogP contribution in [0.1, 0.15) is 32.8 Å². The highest BCUT2D eigenvalue weighted by molar-refractivity contribution is 5.91. The lowest BCUT2D eigenvalue weighted by Gasteiger charge is -2.31. The molecule has 1 rings (SSSR count). The maximum Gasteiger partial charge on any atom is 0.251 e. The number of amides is 1. The first-order valence-corrected chi connectivity index (χ1v) is 5.98.